The number of rotatable bonds is 0. The lowest BCUT2D eigenvalue weighted by Crippen LogP contribution is -2.41. The van der Waals surface area contributed by atoms with Crippen LogP contribution in [0, 0.1) is 0 Å². The van der Waals surface area contributed by atoms with Crippen molar-refractivity contribution in [2.45, 2.75) is 19.3 Å². The molecule has 92 valence electrons. The molecule has 0 N–H and O–H groups in total. The number of amides is 2. The van der Waals surface area contributed by atoms with Crippen LogP contribution in [0.2, 0.25) is 0 Å². The molecule has 0 unspecified atom stereocenters. The smallest absolute Gasteiger partial charge is 0.319 e. The van der Waals surface area contributed by atoms with Crippen molar-refractivity contribution in [3.63, 3.8) is 0 Å². The standard InChI is InChI=1S/C14H20N2O/c1-15(2)14(17)16-10-5-8-12-6-3-4-7-13(12)9-11-16/h3-4,6-7H,5,8-11H2,1-2H3. The van der Waals surface area contributed by atoms with Crippen LogP contribution in [0.25, 0.3) is 0 Å². The predicted molar refractivity (Wildman–Crippen MR) is 69.1 cm³/mol. The normalized spacial score (nSPS) is 15.8. The Morgan fingerprint density at radius 3 is 2.41 bits per heavy atom. The van der Waals surface area contributed by atoms with Crippen molar-refractivity contribution >= 4 is 6.03 Å². The molecule has 1 aliphatic heterocycles. The van der Waals surface area contributed by atoms with E-state index < -0.39 is 0 Å². The van der Waals surface area contributed by atoms with E-state index in [4.69, 9.17) is 0 Å². The Hall–Kier alpha value is -1.51. The van der Waals surface area contributed by atoms with Crippen molar-refractivity contribution in [1.82, 2.24) is 9.80 Å². The maximum atomic E-state index is 11.9. The van der Waals surface area contributed by atoms with Crippen LogP contribution >= 0.6 is 0 Å². The van der Waals surface area contributed by atoms with Gasteiger partial charge in [0.1, 0.15) is 0 Å². The Labute approximate surface area is 103 Å². The van der Waals surface area contributed by atoms with Gasteiger partial charge in [0.2, 0.25) is 0 Å². The summed E-state index contributed by atoms with van der Waals surface area (Å²) in [5, 5.41) is 0. The van der Waals surface area contributed by atoms with Crippen LogP contribution in [0.1, 0.15) is 17.5 Å². The van der Waals surface area contributed by atoms with Gasteiger partial charge in [0.15, 0.2) is 0 Å². The van der Waals surface area contributed by atoms with Crippen LogP contribution in [0.3, 0.4) is 0 Å². The van der Waals surface area contributed by atoms with Gasteiger partial charge in [-0.1, -0.05) is 24.3 Å². The molecule has 1 heterocycles. The zero-order chi connectivity index (χ0) is 12.3. The summed E-state index contributed by atoms with van der Waals surface area (Å²) >= 11 is 0. The third-order valence-corrected chi connectivity index (χ3v) is 3.30. The van der Waals surface area contributed by atoms with Gasteiger partial charge < -0.3 is 9.80 Å². The van der Waals surface area contributed by atoms with Gasteiger partial charge in [-0.15, -0.1) is 0 Å². The summed E-state index contributed by atoms with van der Waals surface area (Å²) in [5.41, 5.74) is 2.84. The fourth-order valence-electron chi connectivity index (χ4n) is 2.35. The predicted octanol–water partition coefficient (Wildman–Crippen LogP) is 2.16. The molecule has 0 aromatic heterocycles. The van der Waals surface area contributed by atoms with E-state index in [0.29, 0.717) is 0 Å². The van der Waals surface area contributed by atoms with E-state index in [1.54, 1.807) is 4.90 Å². The second-order valence-corrected chi connectivity index (χ2v) is 4.79. The lowest BCUT2D eigenvalue weighted by Gasteiger charge is -2.28. The third kappa shape index (κ3) is 2.78. The monoisotopic (exact) mass is 232 g/mol. The summed E-state index contributed by atoms with van der Waals surface area (Å²) in [6, 6.07) is 8.70. The number of hydrogen-bond donors (Lipinski definition) is 0. The van der Waals surface area contributed by atoms with E-state index in [2.05, 4.69) is 24.3 Å². The molecule has 3 heteroatoms. The SMILES string of the molecule is CN(C)C(=O)N1CCCc2ccccc2CC1. The van der Waals surface area contributed by atoms with Crippen LogP contribution in [-0.2, 0) is 12.8 Å². The fourth-order valence-corrected chi connectivity index (χ4v) is 2.35. The topological polar surface area (TPSA) is 23.6 Å². The molecule has 1 aliphatic rings. The molecule has 0 fully saturated rings. The van der Waals surface area contributed by atoms with E-state index in [-0.39, 0.29) is 6.03 Å². The van der Waals surface area contributed by atoms with Crippen LogP contribution in [-0.4, -0.2) is 43.0 Å². The minimum absolute atomic E-state index is 0.129. The zero-order valence-corrected chi connectivity index (χ0v) is 10.6. The largest absolute Gasteiger partial charge is 0.331 e. The van der Waals surface area contributed by atoms with E-state index >= 15 is 0 Å². The lowest BCUT2D eigenvalue weighted by molar-refractivity contribution is 0.170. The highest BCUT2D eigenvalue weighted by Crippen LogP contribution is 2.16. The number of urea groups is 1. The first-order valence-electron chi connectivity index (χ1n) is 6.21. The van der Waals surface area contributed by atoms with Crippen molar-refractivity contribution in [3.05, 3.63) is 35.4 Å². The quantitative estimate of drug-likeness (QED) is 0.672. The maximum Gasteiger partial charge on any atom is 0.319 e. The van der Waals surface area contributed by atoms with Crippen LogP contribution < -0.4 is 0 Å². The summed E-state index contributed by atoms with van der Waals surface area (Å²) in [4.78, 5) is 15.5. The Morgan fingerprint density at radius 2 is 1.76 bits per heavy atom. The first-order valence-corrected chi connectivity index (χ1v) is 6.21. The molecule has 3 nitrogen and oxygen atoms in total. The van der Waals surface area contributed by atoms with Crippen LogP contribution in [0.4, 0.5) is 4.79 Å². The second-order valence-electron chi connectivity index (χ2n) is 4.79. The van der Waals surface area contributed by atoms with Gasteiger partial charge in [0.25, 0.3) is 0 Å². The average molecular weight is 232 g/mol. The Bertz CT molecular complexity index is 401. The minimum atomic E-state index is 0.129. The van der Waals surface area contributed by atoms with Gasteiger partial charge in [-0.2, -0.15) is 0 Å². The molecule has 0 bridgehead atoms. The fraction of sp³-hybridized carbons (Fsp3) is 0.500. The van der Waals surface area contributed by atoms with Crippen molar-refractivity contribution in [1.29, 1.82) is 0 Å². The number of carbonyl (C=O) groups excluding carboxylic acids is 1. The van der Waals surface area contributed by atoms with Crippen molar-refractivity contribution in [2.24, 2.45) is 0 Å². The highest BCUT2D eigenvalue weighted by Gasteiger charge is 2.17. The van der Waals surface area contributed by atoms with E-state index in [0.717, 1.165) is 32.4 Å². The number of nitrogens with zero attached hydrogens (tertiary/aromatic N) is 2. The molecule has 17 heavy (non-hydrogen) atoms. The Balaban J connectivity index is 2.09. The molecule has 0 saturated carbocycles. The molecule has 0 aliphatic carbocycles. The zero-order valence-electron chi connectivity index (χ0n) is 10.6. The Morgan fingerprint density at radius 1 is 1.12 bits per heavy atom. The van der Waals surface area contributed by atoms with Gasteiger partial charge >= 0.3 is 6.03 Å². The third-order valence-electron chi connectivity index (χ3n) is 3.30. The summed E-state index contributed by atoms with van der Waals surface area (Å²) < 4.78 is 0. The number of aryl methyl sites for hydroxylation is 1. The van der Waals surface area contributed by atoms with Crippen molar-refractivity contribution in [3.8, 4) is 0 Å². The summed E-state index contributed by atoms with van der Waals surface area (Å²) in [6.07, 6.45) is 3.10. The molecule has 2 rings (SSSR count). The molecular weight excluding hydrogens is 212 g/mol. The molecule has 1 aromatic rings. The highest BCUT2D eigenvalue weighted by molar-refractivity contribution is 5.73. The second kappa shape index (κ2) is 5.21. The van der Waals surface area contributed by atoms with Crippen molar-refractivity contribution < 1.29 is 4.79 Å². The van der Waals surface area contributed by atoms with E-state index in [1.165, 1.54) is 11.1 Å². The van der Waals surface area contributed by atoms with E-state index in [1.807, 2.05) is 19.0 Å². The summed E-state index contributed by atoms with van der Waals surface area (Å²) in [5.74, 6) is 0. The van der Waals surface area contributed by atoms with Gasteiger partial charge in [0.05, 0.1) is 0 Å². The molecule has 0 saturated heterocycles. The van der Waals surface area contributed by atoms with Crippen LogP contribution in [0.15, 0.2) is 24.3 Å². The average Bonchev–Trinajstić information content (AvgIpc) is 2.29. The first kappa shape index (κ1) is 12.0. The molecular formula is C14H20N2O. The lowest BCUT2D eigenvalue weighted by atomic mass is 9.98. The highest BCUT2D eigenvalue weighted by atomic mass is 16.2. The minimum Gasteiger partial charge on any atom is -0.331 e. The molecule has 1 aromatic carbocycles. The van der Waals surface area contributed by atoms with E-state index in [9.17, 15) is 4.79 Å². The van der Waals surface area contributed by atoms with Crippen LogP contribution in [0.5, 0.6) is 0 Å². The number of benzene rings is 1. The molecule has 0 spiro atoms. The molecule has 0 atom stereocenters. The number of hydrogen-bond acceptors (Lipinski definition) is 1. The van der Waals surface area contributed by atoms with Crippen molar-refractivity contribution in [2.75, 3.05) is 27.2 Å². The summed E-state index contributed by atoms with van der Waals surface area (Å²) in [7, 11) is 3.63. The van der Waals surface area contributed by atoms with Gasteiger partial charge in [-0.3, -0.25) is 0 Å². The number of fused-ring (bicyclic) bond motifs is 1. The van der Waals surface area contributed by atoms with Gasteiger partial charge in [0, 0.05) is 27.2 Å². The number of carbonyl (C=O) groups is 1. The summed E-state index contributed by atoms with van der Waals surface area (Å²) in [6.45, 7) is 1.69. The molecule has 2 amide bonds. The maximum absolute atomic E-state index is 11.9. The van der Waals surface area contributed by atoms with Gasteiger partial charge in [-0.25, -0.2) is 4.79 Å². The van der Waals surface area contributed by atoms with Gasteiger partial charge in [-0.05, 0) is 30.4 Å². The Kier molecular flexibility index (Phi) is 3.67. The molecule has 0 radical (unpaired) electrons. The first-order chi connectivity index (χ1) is 8.18.